The van der Waals surface area contributed by atoms with Gasteiger partial charge in [0.15, 0.2) is 0 Å². The molecular formula is C14H19ClN2O2. The first kappa shape index (κ1) is 14.2. The SMILES string of the molecule is COc1cc(Cl)ccc1C(=O)NC[C@H]1CCCN1C. The smallest absolute Gasteiger partial charge is 0.255 e. The minimum Gasteiger partial charge on any atom is -0.496 e. The molecule has 0 radical (unpaired) electrons. The highest BCUT2D eigenvalue weighted by molar-refractivity contribution is 6.30. The zero-order chi connectivity index (χ0) is 13.8. The summed E-state index contributed by atoms with van der Waals surface area (Å²) in [5.74, 6) is 0.388. The van der Waals surface area contributed by atoms with Crippen LogP contribution in [0.25, 0.3) is 0 Å². The minimum absolute atomic E-state index is 0.117. The van der Waals surface area contributed by atoms with Crippen LogP contribution in [-0.4, -0.2) is 44.1 Å². The number of hydrogen-bond acceptors (Lipinski definition) is 3. The van der Waals surface area contributed by atoms with Crippen molar-refractivity contribution in [3.8, 4) is 5.75 Å². The molecule has 1 aromatic carbocycles. The lowest BCUT2D eigenvalue weighted by Gasteiger charge is -2.20. The van der Waals surface area contributed by atoms with Gasteiger partial charge >= 0.3 is 0 Å². The lowest BCUT2D eigenvalue weighted by molar-refractivity contribution is 0.0940. The molecule has 2 rings (SSSR count). The van der Waals surface area contributed by atoms with Crippen molar-refractivity contribution in [3.63, 3.8) is 0 Å². The molecule has 0 aliphatic carbocycles. The molecule has 0 aromatic heterocycles. The molecule has 104 valence electrons. The summed E-state index contributed by atoms with van der Waals surface area (Å²) >= 11 is 5.88. The molecule has 1 N–H and O–H groups in total. The molecule has 1 heterocycles. The Kier molecular flexibility index (Phi) is 4.66. The normalized spacial score (nSPS) is 19.4. The number of rotatable bonds is 4. The third-order valence-corrected chi connectivity index (χ3v) is 3.81. The Balaban J connectivity index is 1.99. The van der Waals surface area contributed by atoms with Crippen LogP contribution in [0.3, 0.4) is 0 Å². The fourth-order valence-corrected chi connectivity index (χ4v) is 2.56. The molecule has 1 fully saturated rings. The first-order valence-corrected chi connectivity index (χ1v) is 6.81. The van der Waals surface area contributed by atoms with Crippen LogP contribution in [0.5, 0.6) is 5.75 Å². The number of carbonyl (C=O) groups is 1. The van der Waals surface area contributed by atoms with Gasteiger partial charge in [-0.05, 0) is 44.6 Å². The Hall–Kier alpha value is -1.26. The third-order valence-electron chi connectivity index (χ3n) is 3.58. The average Bonchev–Trinajstić information content (AvgIpc) is 2.81. The Bertz CT molecular complexity index is 465. The highest BCUT2D eigenvalue weighted by Gasteiger charge is 2.22. The largest absolute Gasteiger partial charge is 0.496 e. The van der Waals surface area contributed by atoms with Crippen LogP contribution in [0.15, 0.2) is 18.2 Å². The summed E-state index contributed by atoms with van der Waals surface area (Å²) in [4.78, 5) is 14.4. The summed E-state index contributed by atoms with van der Waals surface area (Å²) in [5, 5.41) is 3.52. The van der Waals surface area contributed by atoms with Crippen molar-refractivity contribution < 1.29 is 9.53 Å². The summed E-state index contributed by atoms with van der Waals surface area (Å²) in [6.07, 6.45) is 2.33. The van der Waals surface area contributed by atoms with Crippen LogP contribution in [0.1, 0.15) is 23.2 Å². The molecule has 0 saturated carbocycles. The predicted octanol–water partition coefficient (Wildman–Crippen LogP) is 2.17. The molecule has 5 heteroatoms. The van der Waals surface area contributed by atoms with Crippen LogP contribution in [0, 0.1) is 0 Å². The quantitative estimate of drug-likeness (QED) is 0.920. The third kappa shape index (κ3) is 3.39. The topological polar surface area (TPSA) is 41.6 Å². The van der Waals surface area contributed by atoms with Gasteiger partial charge in [-0.1, -0.05) is 11.6 Å². The van der Waals surface area contributed by atoms with Gasteiger partial charge in [0.1, 0.15) is 5.75 Å². The molecule has 0 bridgehead atoms. The molecule has 1 aromatic rings. The number of methoxy groups -OCH3 is 1. The highest BCUT2D eigenvalue weighted by atomic mass is 35.5. The molecule has 1 amide bonds. The summed E-state index contributed by atoms with van der Waals surface area (Å²) in [6.45, 7) is 1.77. The monoisotopic (exact) mass is 282 g/mol. The molecule has 19 heavy (non-hydrogen) atoms. The predicted molar refractivity (Wildman–Crippen MR) is 76.0 cm³/mol. The van der Waals surface area contributed by atoms with Gasteiger partial charge in [0.25, 0.3) is 5.91 Å². The van der Waals surface area contributed by atoms with E-state index in [9.17, 15) is 4.79 Å². The molecular weight excluding hydrogens is 264 g/mol. The maximum atomic E-state index is 12.1. The molecule has 1 saturated heterocycles. The van der Waals surface area contributed by atoms with Gasteiger partial charge in [-0.15, -0.1) is 0 Å². The van der Waals surface area contributed by atoms with E-state index in [4.69, 9.17) is 16.3 Å². The van der Waals surface area contributed by atoms with Crippen molar-refractivity contribution >= 4 is 17.5 Å². The van der Waals surface area contributed by atoms with Crippen molar-refractivity contribution in [3.05, 3.63) is 28.8 Å². The Morgan fingerprint density at radius 3 is 3.00 bits per heavy atom. The first-order valence-electron chi connectivity index (χ1n) is 6.44. The van der Waals surface area contributed by atoms with E-state index in [1.807, 2.05) is 0 Å². The van der Waals surface area contributed by atoms with Crippen LogP contribution >= 0.6 is 11.6 Å². The summed E-state index contributed by atoms with van der Waals surface area (Å²) in [6, 6.07) is 5.47. The van der Waals surface area contributed by atoms with Crippen molar-refractivity contribution in [2.45, 2.75) is 18.9 Å². The summed E-state index contributed by atoms with van der Waals surface area (Å²) in [5.41, 5.74) is 0.521. The van der Waals surface area contributed by atoms with E-state index >= 15 is 0 Å². The number of amides is 1. The van der Waals surface area contributed by atoms with Crippen molar-refractivity contribution in [1.82, 2.24) is 10.2 Å². The number of ether oxygens (including phenoxy) is 1. The first-order chi connectivity index (χ1) is 9.11. The average molecular weight is 283 g/mol. The second-order valence-corrected chi connectivity index (χ2v) is 5.27. The zero-order valence-corrected chi connectivity index (χ0v) is 12.0. The molecule has 0 spiro atoms. The standard InChI is InChI=1S/C14H19ClN2O2/c1-17-7-3-4-11(17)9-16-14(18)12-6-5-10(15)8-13(12)19-2/h5-6,8,11H,3-4,7,9H2,1-2H3,(H,16,18)/t11-/m1/s1. The maximum Gasteiger partial charge on any atom is 0.255 e. The molecule has 4 nitrogen and oxygen atoms in total. The molecule has 1 aliphatic rings. The summed E-state index contributed by atoms with van der Waals surface area (Å²) < 4.78 is 5.18. The van der Waals surface area contributed by atoms with Crippen LogP contribution in [0.4, 0.5) is 0 Å². The van der Waals surface area contributed by atoms with Crippen molar-refractivity contribution in [2.75, 3.05) is 27.2 Å². The van der Waals surface area contributed by atoms with Crippen molar-refractivity contribution in [2.24, 2.45) is 0 Å². The number of hydrogen-bond donors (Lipinski definition) is 1. The summed E-state index contributed by atoms with van der Waals surface area (Å²) in [7, 11) is 3.62. The van der Waals surface area contributed by atoms with Crippen LogP contribution in [0.2, 0.25) is 5.02 Å². The van der Waals surface area contributed by atoms with E-state index in [2.05, 4.69) is 17.3 Å². The van der Waals surface area contributed by atoms with Gasteiger partial charge in [0, 0.05) is 17.6 Å². The molecule has 1 aliphatic heterocycles. The molecule has 0 unspecified atom stereocenters. The number of carbonyl (C=O) groups excluding carboxylic acids is 1. The Morgan fingerprint density at radius 1 is 1.58 bits per heavy atom. The second kappa shape index (κ2) is 6.26. The van der Waals surface area contributed by atoms with E-state index in [1.54, 1.807) is 18.2 Å². The van der Waals surface area contributed by atoms with Gasteiger partial charge in [0.2, 0.25) is 0 Å². The van der Waals surface area contributed by atoms with E-state index in [-0.39, 0.29) is 5.91 Å². The van der Waals surface area contributed by atoms with E-state index < -0.39 is 0 Å². The van der Waals surface area contributed by atoms with Crippen LogP contribution in [-0.2, 0) is 0 Å². The van der Waals surface area contributed by atoms with E-state index in [1.165, 1.54) is 13.5 Å². The highest BCUT2D eigenvalue weighted by Crippen LogP contribution is 2.23. The van der Waals surface area contributed by atoms with E-state index in [0.717, 1.165) is 13.0 Å². The van der Waals surface area contributed by atoms with E-state index in [0.29, 0.717) is 28.9 Å². The number of benzene rings is 1. The van der Waals surface area contributed by atoms with Crippen LogP contribution < -0.4 is 10.1 Å². The number of halogens is 1. The van der Waals surface area contributed by atoms with Gasteiger partial charge in [-0.2, -0.15) is 0 Å². The zero-order valence-electron chi connectivity index (χ0n) is 11.3. The van der Waals surface area contributed by atoms with Gasteiger partial charge in [0.05, 0.1) is 12.7 Å². The Morgan fingerprint density at radius 2 is 2.37 bits per heavy atom. The fourth-order valence-electron chi connectivity index (χ4n) is 2.40. The number of likely N-dealkylation sites (N-methyl/N-ethyl adjacent to an activating group) is 1. The molecule has 1 atom stereocenters. The number of nitrogens with one attached hydrogen (secondary N) is 1. The minimum atomic E-state index is -0.117. The second-order valence-electron chi connectivity index (χ2n) is 4.83. The number of likely N-dealkylation sites (tertiary alicyclic amines) is 1. The lowest BCUT2D eigenvalue weighted by Crippen LogP contribution is -2.38. The lowest BCUT2D eigenvalue weighted by atomic mass is 10.1. The van der Waals surface area contributed by atoms with Gasteiger partial charge in [-0.25, -0.2) is 0 Å². The Labute approximate surface area is 118 Å². The fraction of sp³-hybridized carbons (Fsp3) is 0.500. The number of nitrogens with zero attached hydrogens (tertiary/aromatic N) is 1. The van der Waals surface area contributed by atoms with Crippen molar-refractivity contribution in [1.29, 1.82) is 0 Å². The van der Waals surface area contributed by atoms with Gasteiger partial charge < -0.3 is 15.0 Å². The maximum absolute atomic E-state index is 12.1. The van der Waals surface area contributed by atoms with Gasteiger partial charge in [-0.3, -0.25) is 4.79 Å².